The van der Waals surface area contributed by atoms with E-state index in [0.717, 1.165) is 31.3 Å². The van der Waals surface area contributed by atoms with Crippen LogP contribution in [0.15, 0.2) is 119 Å². The number of ether oxygens (including phenoxy) is 2. The Morgan fingerprint density at radius 1 is 0.795 bits per heavy atom. The standard InChI is InChI=1S/C35H24BrClN2O5/c36-26-11-8-22(9-12-26)20-43-28-15-13-27(14-16-28)39-34(41)30(33(40)38-35(39)42)18-23-10-17-32(31(37)19-23)44-21-25-6-3-5-24-4-1-2-7-29(24)25/h1-19H,20-21H2,(H,38,40,42)/b30-18+. The molecule has 1 saturated heterocycles. The fourth-order valence-electron chi connectivity index (χ4n) is 4.80. The van der Waals surface area contributed by atoms with Gasteiger partial charge in [-0.3, -0.25) is 14.9 Å². The van der Waals surface area contributed by atoms with Gasteiger partial charge >= 0.3 is 6.03 Å². The molecule has 0 aliphatic carbocycles. The first-order valence-corrected chi connectivity index (χ1v) is 14.8. The molecule has 0 spiro atoms. The van der Waals surface area contributed by atoms with Crippen LogP contribution in [-0.2, 0) is 22.8 Å². The number of carbonyl (C=O) groups is 3. The number of rotatable bonds is 8. The Labute approximate surface area is 266 Å². The third-order valence-corrected chi connectivity index (χ3v) is 7.87. The van der Waals surface area contributed by atoms with Gasteiger partial charge in [0, 0.05) is 4.47 Å². The average molecular weight is 668 g/mol. The van der Waals surface area contributed by atoms with Crippen LogP contribution in [0.25, 0.3) is 16.8 Å². The number of hydrogen-bond acceptors (Lipinski definition) is 5. The van der Waals surface area contributed by atoms with Crippen LogP contribution in [-0.4, -0.2) is 17.8 Å². The summed E-state index contributed by atoms with van der Waals surface area (Å²) in [5.74, 6) is -0.529. The number of carbonyl (C=O) groups excluding carboxylic acids is 3. The van der Waals surface area contributed by atoms with Crippen LogP contribution in [0.4, 0.5) is 10.5 Å². The van der Waals surface area contributed by atoms with E-state index in [4.69, 9.17) is 21.1 Å². The van der Waals surface area contributed by atoms with Crippen molar-refractivity contribution in [2.24, 2.45) is 0 Å². The number of nitrogens with zero attached hydrogens (tertiary/aromatic N) is 1. The lowest BCUT2D eigenvalue weighted by molar-refractivity contribution is -0.122. The summed E-state index contributed by atoms with van der Waals surface area (Å²) in [6.45, 7) is 0.667. The largest absolute Gasteiger partial charge is 0.489 e. The van der Waals surface area contributed by atoms with Crippen molar-refractivity contribution >= 4 is 67.9 Å². The van der Waals surface area contributed by atoms with Gasteiger partial charge in [0.2, 0.25) is 0 Å². The van der Waals surface area contributed by atoms with E-state index in [2.05, 4.69) is 21.2 Å². The van der Waals surface area contributed by atoms with Crippen LogP contribution in [0, 0.1) is 0 Å². The highest BCUT2D eigenvalue weighted by Gasteiger charge is 2.36. The van der Waals surface area contributed by atoms with Crippen molar-refractivity contribution in [3.63, 3.8) is 0 Å². The summed E-state index contributed by atoms with van der Waals surface area (Å²) >= 11 is 9.93. The molecule has 44 heavy (non-hydrogen) atoms. The summed E-state index contributed by atoms with van der Waals surface area (Å²) in [5.41, 5.74) is 2.58. The van der Waals surface area contributed by atoms with E-state index in [0.29, 0.717) is 35.3 Å². The van der Waals surface area contributed by atoms with Crippen LogP contribution in [0.5, 0.6) is 11.5 Å². The van der Waals surface area contributed by atoms with Crippen LogP contribution in [0.3, 0.4) is 0 Å². The number of imide groups is 2. The number of urea groups is 1. The van der Waals surface area contributed by atoms with Gasteiger partial charge in [0.15, 0.2) is 0 Å². The first-order valence-electron chi connectivity index (χ1n) is 13.6. The third kappa shape index (κ3) is 6.37. The van der Waals surface area contributed by atoms with Gasteiger partial charge in [0.25, 0.3) is 11.8 Å². The minimum absolute atomic E-state index is 0.208. The molecule has 0 radical (unpaired) electrons. The smallest absolute Gasteiger partial charge is 0.335 e. The Morgan fingerprint density at radius 2 is 1.55 bits per heavy atom. The fourth-order valence-corrected chi connectivity index (χ4v) is 5.30. The second kappa shape index (κ2) is 12.8. The molecular formula is C35H24BrClN2O5. The molecule has 1 N–H and O–H groups in total. The molecule has 4 amide bonds. The van der Waals surface area contributed by atoms with Crippen molar-refractivity contribution < 1.29 is 23.9 Å². The lowest BCUT2D eigenvalue weighted by Crippen LogP contribution is -2.54. The van der Waals surface area contributed by atoms with Crippen molar-refractivity contribution in [1.82, 2.24) is 5.32 Å². The summed E-state index contributed by atoms with van der Waals surface area (Å²) in [7, 11) is 0. The molecule has 5 aromatic rings. The molecule has 1 aliphatic rings. The van der Waals surface area contributed by atoms with Gasteiger partial charge in [-0.15, -0.1) is 0 Å². The molecule has 5 aromatic carbocycles. The summed E-state index contributed by atoms with van der Waals surface area (Å²) in [6.07, 6.45) is 1.40. The lowest BCUT2D eigenvalue weighted by atomic mass is 10.1. The summed E-state index contributed by atoms with van der Waals surface area (Å²) < 4.78 is 12.8. The number of hydrogen-bond donors (Lipinski definition) is 1. The van der Waals surface area contributed by atoms with E-state index < -0.39 is 17.8 Å². The molecule has 0 aromatic heterocycles. The van der Waals surface area contributed by atoms with E-state index in [9.17, 15) is 14.4 Å². The van der Waals surface area contributed by atoms with E-state index in [1.54, 1.807) is 42.5 Å². The fraction of sp³-hybridized carbons (Fsp3) is 0.0571. The second-order valence-corrected chi connectivity index (χ2v) is 11.3. The molecular weight excluding hydrogens is 644 g/mol. The highest BCUT2D eigenvalue weighted by Crippen LogP contribution is 2.30. The van der Waals surface area contributed by atoms with Crippen LogP contribution in [0.1, 0.15) is 16.7 Å². The predicted octanol–water partition coefficient (Wildman–Crippen LogP) is 8.08. The number of fused-ring (bicyclic) bond motifs is 1. The Balaban J connectivity index is 1.15. The number of barbiturate groups is 1. The maximum Gasteiger partial charge on any atom is 0.335 e. The molecule has 0 saturated carbocycles. The molecule has 0 atom stereocenters. The molecule has 1 heterocycles. The summed E-state index contributed by atoms with van der Waals surface area (Å²) in [4.78, 5) is 39.6. The van der Waals surface area contributed by atoms with Crippen LogP contribution >= 0.6 is 27.5 Å². The number of benzene rings is 5. The molecule has 0 unspecified atom stereocenters. The average Bonchev–Trinajstić information content (AvgIpc) is 3.03. The minimum Gasteiger partial charge on any atom is -0.489 e. The van der Waals surface area contributed by atoms with Gasteiger partial charge in [0.1, 0.15) is 30.3 Å². The van der Waals surface area contributed by atoms with Gasteiger partial charge in [0.05, 0.1) is 10.7 Å². The molecule has 7 nitrogen and oxygen atoms in total. The summed E-state index contributed by atoms with van der Waals surface area (Å²) in [6, 6.07) is 32.4. The Kier molecular flexibility index (Phi) is 8.45. The number of amides is 4. The van der Waals surface area contributed by atoms with E-state index in [-0.39, 0.29) is 11.3 Å². The van der Waals surface area contributed by atoms with Gasteiger partial charge < -0.3 is 9.47 Å². The zero-order valence-electron chi connectivity index (χ0n) is 23.1. The van der Waals surface area contributed by atoms with Crippen LogP contribution < -0.4 is 19.7 Å². The number of nitrogens with one attached hydrogen (secondary N) is 1. The number of halogens is 2. The van der Waals surface area contributed by atoms with E-state index >= 15 is 0 Å². The van der Waals surface area contributed by atoms with Crippen molar-refractivity contribution in [2.45, 2.75) is 13.2 Å². The molecule has 1 fully saturated rings. The monoisotopic (exact) mass is 666 g/mol. The second-order valence-electron chi connectivity index (χ2n) is 9.98. The van der Waals surface area contributed by atoms with Crippen molar-refractivity contribution in [3.8, 4) is 11.5 Å². The predicted molar refractivity (Wildman–Crippen MR) is 174 cm³/mol. The highest BCUT2D eigenvalue weighted by molar-refractivity contribution is 9.10. The Morgan fingerprint density at radius 3 is 2.32 bits per heavy atom. The van der Waals surface area contributed by atoms with Gasteiger partial charge in [-0.25, -0.2) is 9.69 Å². The highest BCUT2D eigenvalue weighted by atomic mass is 79.9. The maximum atomic E-state index is 13.4. The molecule has 9 heteroatoms. The van der Waals surface area contributed by atoms with E-state index in [1.807, 2.05) is 66.7 Å². The molecule has 1 aliphatic heterocycles. The number of anilines is 1. The summed E-state index contributed by atoms with van der Waals surface area (Å²) in [5, 5.41) is 4.76. The zero-order chi connectivity index (χ0) is 30.6. The maximum absolute atomic E-state index is 13.4. The van der Waals surface area contributed by atoms with E-state index in [1.165, 1.54) is 6.08 Å². The minimum atomic E-state index is -0.837. The molecule has 218 valence electrons. The molecule has 0 bridgehead atoms. The van der Waals surface area contributed by atoms with Gasteiger partial charge in [-0.1, -0.05) is 88.2 Å². The Hall–Kier alpha value is -4.92. The van der Waals surface area contributed by atoms with Gasteiger partial charge in [-0.2, -0.15) is 0 Å². The topological polar surface area (TPSA) is 84.9 Å². The SMILES string of the molecule is O=C1NC(=O)N(c2ccc(OCc3ccc(Br)cc3)cc2)C(=O)/C1=C/c1ccc(OCc2cccc3ccccc23)c(Cl)c1. The van der Waals surface area contributed by atoms with Gasteiger partial charge in [-0.05, 0) is 82.1 Å². The molecule has 6 rings (SSSR count). The third-order valence-electron chi connectivity index (χ3n) is 7.05. The Bertz CT molecular complexity index is 1920. The quantitative estimate of drug-likeness (QED) is 0.134. The van der Waals surface area contributed by atoms with Crippen molar-refractivity contribution in [1.29, 1.82) is 0 Å². The van der Waals surface area contributed by atoms with Crippen molar-refractivity contribution in [2.75, 3.05) is 4.90 Å². The lowest BCUT2D eigenvalue weighted by Gasteiger charge is -2.26. The first-order chi connectivity index (χ1) is 21.4. The normalized spacial score (nSPS) is 14.2. The first kappa shape index (κ1) is 29.2. The van der Waals surface area contributed by atoms with Crippen LogP contribution in [0.2, 0.25) is 5.02 Å². The zero-order valence-corrected chi connectivity index (χ0v) is 25.5. The van der Waals surface area contributed by atoms with Crippen molar-refractivity contribution in [3.05, 3.63) is 141 Å².